The van der Waals surface area contributed by atoms with Crippen molar-refractivity contribution in [3.63, 3.8) is 0 Å². The number of aromatic hydroxyl groups is 1. The zero-order valence-corrected chi connectivity index (χ0v) is 8.74. The molecule has 0 bridgehead atoms. The summed E-state index contributed by atoms with van der Waals surface area (Å²) in [4.78, 5) is 12.6. The van der Waals surface area contributed by atoms with Gasteiger partial charge in [-0.15, -0.1) is 11.3 Å². The molecular weight excluding hydrogens is 210 g/mol. The SMILES string of the molecule is Oc1csc(-c2cnc(C3CC3)nc2)n1. The Hall–Kier alpha value is -1.49. The molecule has 2 aromatic heterocycles. The number of aromatic nitrogens is 3. The second-order valence-electron chi connectivity index (χ2n) is 3.62. The fourth-order valence-electron chi connectivity index (χ4n) is 1.40. The minimum absolute atomic E-state index is 0.0567. The van der Waals surface area contributed by atoms with Crippen LogP contribution in [0.3, 0.4) is 0 Å². The lowest BCUT2D eigenvalue weighted by Gasteiger charge is -1.97. The van der Waals surface area contributed by atoms with Crippen molar-refractivity contribution < 1.29 is 5.11 Å². The average Bonchev–Trinajstić information content (AvgIpc) is 3.02. The highest BCUT2D eigenvalue weighted by molar-refractivity contribution is 7.13. The zero-order valence-electron chi connectivity index (χ0n) is 7.92. The summed E-state index contributed by atoms with van der Waals surface area (Å²) >= 11 is 1.39. The van der Waals surface area contributed by atoms with Gasteiger partial charge in [0.1, 0.15) is 10.8 Å². The van der Waals surface area contributed by atoms with Crippen LogP contribution in [0.2, 0.25) is 0 Å². The summed E-state index contributed by atoms with van der Waals surface area (Å²) in [5.41, 5.74) is 0.865. The van der Waals surface area contributed by atoms with Crippen molar-refractivity contribution in [1.82, 2.24) is 15.0 Å². The predicted molar refractivity (Wildman–Crippen MR) is 56.8 cm³/mol. The van der Waals surface area contributed by atoms with Crippen LogP contribution in [0.4, 0.5) is 0 Å². The van der Waals surface area contributed by atoms with Gasteiger partial charge in [-0.05, 0) is 12.8 Å². The van der Waals surface area contributed by atoms with Gasteiger partial charge in [-0.25, -0.2) is 15.0 Å². The third-order valence-corrected chi connectivity index (χ3v) is 3.23. The molecule has 0 amide bonds. The molecule has 0 spiro atoms. The Morgan fingerprint density at radius 2 is 2.00 bits per heavy atom. The van der Waals surface area contributed by atoms with Gasteiger partial charge in [0, 0.05) is 23.9 Å². The molecule has 0 unspecified atom stereocenters. The lowest BCUT2D eigenvalue weighted by Crippen LogP contribution is -1.91. The Balaban J connectivity index is 1.92. The molecule has 1 aliphatic rings. The molecule has 1 fully saturated rings. The molecule has 0 atom stereocenters. The quantitative estimate of drug-likeness (QED) is 0.841. The van der Waals surface area contributed by atoms with Gasteiger partial charge in [0.05, 0.1) is 5.38 Å². The monoisotopic (exact) mass is 219 g/mol. The van der Waals surface area contributed by atoms with Crippen LogP contribution in [0.15, 0.2) is 17.8 Å². The van der Waals surface area contributed by atoms with Gasteiger partial charge in [0.2, 0.25) is 5.88 Å². The topological polar surface area (TPSA) is 58.9 Å². The van der Waals surface area contributed by atoms with Crippen molar-refractivity contribution in [1.29, 1.82) is 0 Å². The van der Waals surface area contributed by atoms with Gasteiger partial charge in [0.15, 0.2) is 0 Å². The molecule has 1 saturated carbocycles. The summed E-state index contributed by atoms with van der Waals surface area (Å²) < 4.78 is 0. The lowest BCUT2D eigenvalue weighted by molar-refractivity contribution is 0.458. The van der Waals surface area contributed by atoms with E-state index < -0.39 is 0 Å². The molecule has 5 heteroatoms. The second-order valence-corrected chi connectivity index (χ2v) is 4.47. The molecule has 15 heavy (non-hydrogen) atoms. The molecule has 1 aliphatic carbocycles. The van der Waals surface area contributed by atoms with Crippen LogP contribution in [-0.4, -0.2) is 20.1 Å². The number of thiazole rings is 1. The smallest absolute Gasteiger partial charge is 0.222 e. The molecule has 1 N–H and O–H groups in total. The first-order chi connectivity index (χ1) is 7.33. The third kappa shape index (κ3) is 1.70. The third-order valence-electron chi connectivity index (χ3n) is 2.35. The van der Waals surface area contributed by atoms with Crippen LogP contribution >= 0.6 is 11.3 Å². The van der Waals surface area contributed by atoms with E-state index in [4.69, 9.17) is 5.11 Å². The summed E-state index contributed by atoms with van der Waals surface area (Å²) in [6, 6.07) is 0. The van der Waals surface area contributed by atoms with Crippen LogP contribution < -0.4 is 0 Å². The Morgan fingerprint density at radius 3 is 2.53 bits per heavy atom. The van der Waals surface area contributed by atoms with Crippen molar-refractivity contribution in [2.45, 2.75) is 18.8 Å². The van der Waals surface area contributed by atoms with Gasteiger partial charge >= 0.3 is 0 Å². The van der Waals surface area contributed by atoms with E-state index in [2.05, 4.69) is 15.0 Å². The van der Waals surface area contributed by atoms with E-state index in [1.807, 2.05) is 0 Å². The fourth-order valence-corrected chi connectivity index (χ4v) is 2.06. The van der Waals surface area contributed by atoms with E-state index >= 15 is 0 Å². The summed E-state index contributed by atoms with van der Waals surface area (Å²) in [6.07, 6.45) is 5.96. The first kappa shape index (κ1) is 8.79. The second kappa shape index (κ2) is 3.27. The summed E-state index contributed by atoms with van der Waals surface area (Å²) in [7, 11) is 0. The number of nitrogens with zero attached hydrogens (tertiary/aromatic N) is 3. The molecule has 0 aromatic carbocycles. The highest BCUT2D eigenvalue weighted by atomic mass is 32.1. The fraction of sp³-hybridized carbons (Fsp3) is 0.300. The number of rotatable bonds is 2. The summed E-state index contributed by atoms with van der Waals surface area (Å²) in [6.45, 7) is 0. The van der Waals surface area contributed by atoms with Gasteiger partial charge in [-0.3, -0.25) is 0 Å². The maximum atomic E-state index is 9.13. The highest BCUT2D eigenvalue weighted by Crippen LogP contribution is 2.38. The molecule has 3 rings (SSSR count). The molecule has 2 heterocycles. The van der Waals surface area contributed by atoms with Crippen molar-refractivity contribution >= 4 is 11.3 Å². The van der Waals surface area contributed by atoms with Crippen LogP contribution in [0.25, 0.3) is 10.6 Å². The van der Waals surface area contributed by atoms with Crippen molar-refractivity contribution in [2.75, 3.05) is 0 Å². The largest absolute Gasteiger partial charge is 0.493 e. The Labute approximate surface area is 90.7 Å². The Bertz CT molecular complexity index is 476. The zero-order chi connectivity index (χ0) is 10.3. The maximum Gasteiger partial charge on any atom is 0.222 e. The minimum atomic E-state index is 0.0567. The minimum Gasteiger partial charge on any atom is -0.493 e. The van der Waals surface area contributed by atoms with E-state index in [0.717, 1.165) is 16.4 Å². The first-order valence-electron chi connectivity index (χ1n) is 4.80. The van der Waals surface area contributed by atoms with Crippen molar-refractivity contribution in [3.8, 4) is 16.5 Å². The Kier molecular flexibility index (Phi) is 1.92. The van der Waals surface area contributed by atoms with Crippen LogP contribution in [0.5, 0.6) is 5.88 Å². The van der Waals surface area contributed by atoms with Crippen molar-refractivity contribution in [2.24, 2.45) is 0 Å². The Morgan fingerprint density at radius 1 is 1.27 bits per heavy atom. The normalized spacial score (nSPS) is 15.5. The first-order valence-corrected chi connectivity index (χ1v) is 5.68. The summed E-state index contributed by atoms with van der Waals surface area (Å²) in [5, 5.41) is 11.5. The van der Waals surface area contributed by atoms with E-state index in [1.54, 1.807) is 17.8 Å². The van der Waals surface area contributed by atoms with E-state index in [9.17, 15) is 0 Å². The summed E-state index contributed by atoms with van der Waals surface area (Å²) in [5.74, 6) is 1.56. The number of hydrogen-bond donors (Lipinski definition) is 1. The predicted octanol–water partition coefficient (Wildman–Crippen LogP) is 2.18. The number of hydrogen-bond acceptors (Lipinski definition) is 5. The molecular formula is C10H9N3OS. The van der Waals surface area contributed by atoms with E-state index in [1.165, 1.54) is 24.2 Å². The van der Waals surface area contributed by atoms with Crippen LogP contribution in [-0.2, 0) is 0 Å². The molecule has 2 aromatic rings. The van der Waals surface area contributed by atoms with Gasteiger partial charge in [-0.2, -0.15) is 0 Å². The van der Waals surface area contributed by atoms with Crippen LogP contribution in [0, 0.1) is 0 Å². The highest BCUT2D eigenvalue weighted by Gasteiger charge is 2.26. The van der Waals surface area contributed by atoms with Gasteiger partial charge < -0.3 is 5.11 Å². The molecule has 0 radical (unpaired) electrons. The van der Waals surface area contributed by atoms with E-state index in [0.29, 0.717) is 5.92 Å². The molecule has 4 nitrogen and oxygen atoms in total. The van der Waals surface area contributed by atoms with Crippen LogP contribution in [0.1, 0.15) is 24.6 Å². The van der Waals surface area contributed by atoms with Crippen molar-refractivity contribution in [3.05, 3.63) is 23.6 Å². The molecule has 76 valence electrons. The van der Waals surface area contributed by atoms with E-state index in [-0.39, 0.29) is 5.88 Å². The molecule has 0 saturated heterocycles. The lowest BCUT2D eigenvalue weighted by atomic mass is 10.3. The molecule has 0 aliphatic heterocycles. The van der Waals surface area contributed by atoms with Gasteiger partial charge in [-0.1, -0.05) is 0 Å². The maximum absolute atomic E-state index is 9.13. The standard InChI is InChI=1S/C10H9N3OS/c14-8-5-15-10(13-8)7-3-11-9(12-4-7)6-1-2-6/h3-6,14H,1-2H2. The van der Waals surface area contributed by atoms with Gasteiger partial charge in [0.25, 0.3) is 0 Å². The average molecular weight is 219 g/mol.